The van der Waals surface area contributed by atoms with Crippen LogP contribution in [0.25, 0.3) is 21.5 Å². The van der Waals surface area contributed by atoms with Crippen molar-refractivity contribution in [3.05, 3.63) is 88.8 Å². The van der Waals surface area contributed by atoms with Gasteiger partial charge >= 0.3 is 0 Å². The molecule has 1 heterocycles. The Balaban J connectivity index is 1.59. The van der Waals surface area contributed by atoms with Gasteiger partial charge in [-0.3, -0.25) is 9.59 Å². The fraction of sp³-hybridized carbons (Fsp3) is 0.200. The lowest BCUT2D eigenvalue weighted by molar-refractivity contribution is -0.115. The van der Waals surface area contributed by atoms with Gasteiger partial charge in [0.25, 0.3) is 5.56 Å². The van der Waals surface area contributed by atoms with Gasteiger partial charge in [0, 0.05) is 22.7 Å². The van der Waals surface area contributed by atoms with E-state index in [9.17, 15) is 14.7 Å². The second kappa shape index (κ2) is 7.76. The first kappa shape index (κ1) is 19.9. The quantitative estimate of drug-likeness (QED) is 0.530. The van der Waals surface area contributed by atoms with Gasteiger partial charge in [-0.05, 0) is 48.4 Å². The summed E-state index contributed by atoms with van der Waals surface area (Å²) in [4.78, 5) is 25.5. The molecule has 1 aromatic heterocycles. The van der Waals surface area contributed by atoms with Crippen LogP contribution in [0.2, 0.25) is 0 Å². The predicted octanol–water partition coefficient (Wildman–Crippen LogP) is 4.11. The maximum absolute atomic E-state index is 12.8. The number of carbonyl (C=O) groups excluding carboxylic acids is 1. The van der Waals surface area contributed by atoms with E-state index in [0.29, 0.717) is 16.5 Å². The third-order valence-corrected chi connectivity index (χ3v) is 5.03. The van der Waals surface area contributed by atoms with Crippen LogP contribution in [0.15, 0.2) is 77.7 Å². The molecule has 0 bridgehead atoms. The van der Waals surface area contributed by atoms with Crippen molar-refractivity contribution in [1.82, 2.24) is 4.57 Å². The molecule has 4 rings (SSSR count). The summed E-state index contributed by atoms with van der Waals surface area (Å²) in [5.74, 6) is -0.140. The molecule has 4 aromatic rings. The monoisotopic (exact) mass is 400 g/mol. The van der Waals surface area contributed by atoms with Gasteiger partial charge in [-0.1, -0.05) is 48.5 Å². The Kier molecular flexibility index (Phi) is 5.14. The van der Waals surface area contributed by atoms with E-state index in [1.165, 1.54) is 4.57 Å². The summed E-state index contributed by atoms with van der Waals surface area (Å²) in [6.07, 6.45) is 1.90. The minimum absolute atomic E-state index is 0.140. The van der Waals surface area contributed by atoms with Gasteiger partial charge in [-0.2, -0.15) is 0 Å². The summed E-state index contributed by atoms with van der Waals surface area (Å²) in [6.45, 7) is 3.51. The summed E-state index contributed by atoms with van der Waals surface area (Å²) in [6, 6.07) is 21.1. The van der Waals surface area contributed by atoms with Crippen LogP contribution in [-0.4, -0.2) is 21.2 Å². The van der Waals surface area contributed by atoms with Crippen molar-refractivity contribution in [2.24, 2.45) is 0 Å². The number of aromatic nitrogens is 1. The summed E-state index contributed by atoms with van der Waals surface area (Å²) in [7, 11) is 0. The van der Waals surface area contributed by atoms with Crippen molar-refractivity contribution in [2.45, 2.75) is 32.4 Å². The van der Waals surface area contributed by atoms with Crippen LogP contribution in [-0.2, 0) is 17.8 Å². The molecular weight excluding hydrogens is 376 g/mol. The fourth-order valence-electron chi connectivity index (χ4n) is 3.70. The Morgan fingerprint density at radius 2 is 1.73 bits per heavy atom. The molecule has 5 heteroatoms. The molecule has 0 saturated heterocycles. The van der Waals surface area contributed by atoms with Crippen LogP contribution in [0.1, 0.15) is 19.4 Å². The summed E-state index contributed by atoms with van der Waals surface area (Å²) >= 11 is 0. The van der Waals surface area contributed by atoms with E-state index in [0.717, 1.165) is 16.3 Å². The normalized spacial score (nSPS) is 11.7. The molecule has 0 aliphatic rings. The van der Waals surface area contributed by atoms with Gasteiger partial charge in [-0.25, -0.2) is 0 Å². The highest BCUT2D eigenvalue weighted by molar-refractivity contribution is 6.02. The Morgan fingerprint density at radius 1 is 0.967 bits per heavy atom. The van der Waals surface area contributed by atoms with Gasteiger partial charge in [0.2, 0.25) is 5.91 Å². The summed E-state index contributed by atoms with van der Waals surface area (Å²) in [5, 5.41) is 16.4. The molecule has 5 nitrogen and oxygen atoms in total. The zero-order valence-electron chi connectivity index (χ0n) is 17.1. The van der Waals surface area contributed by atoms with E-state index in [1.807, 2.05) is 42.5 Å². The van der Waals surface area contributed by atoms with Gasteiger partial charge in [-0.15, -0.1) is 0 Å². The number of benzene rings is 3. The van der Waals surface area contributed by atoms with Gasteiger partial charge in [0.1, 0.15) is 0 Å². The first-order chi connectivity index (χ1) is 14.3. The molecule has 2 N–H and O–H groups in total. The van der Waals surface area contributed by atoms with Crippen molar-refractivity contribution in [3.63, 3.8) is 0 Å². The average Bonchev–Trinajstić information content (AvgIpc) is 2.69. The lowest BCUT2D eigenvalue weighted by Crippen LogP contribution is -2.32. The Bertz CT molecular complexity index is 1300. The maximum atomic E-state index is 12.8. The number of anilines is 1. The zero-order valence-corrected chi connectivity index (χ0v) is 17.1. The molecule has 30 heavy (non-hydrogen) atoms. The average molecular weight is 400 g/mol. The Morgan fingerprint density at radius 3 is 2.50 bits per heavy atom. The number of nitrogens with one attached hydrogen (secondary N) is 1. The first-order valence-electron chi connectivity index (χ1n) is 9.92. The van der Waals surface area contributed by atoms with Gasteiger partial charge in [0.05, 0.1) is 18.6 Å². The Hall–Kier alpha value is -3.44. The van der Waals surface area contributed by atoms with Crippen LogP contribution < -0.4 is 10.9 Å². The van der Waals surface area contributed by atoms with E-state index >= 15 is 0 Å². The van der Waals surface area contributed by atoms with Crippen molar-refractivity contribution in [2.75, 3.05) is 5.32 Å². The minimum Gasteiger partial charge on any atom is -0.389 e. The molecule has 0 spiro atoms. The molecule has 0 saturated carbocycles. The number of hydrogen-bond acceptors (Lipinski definition) is 3. The highest BCUT2D eigenvalue weighted by atomic mass is 16.3. The van der Waals surface area contributed by atoms with Crippen molar-refractivity contribution >= 4 is 33.1 Å². The number of hydrogen-bond donors (Lipinski definition) is 2. The first-order valence-corrected chi connectivity index (χ1v) is 9.92. The number of nitrogens with zero attached hydrogens (tertiary/aromatic N) is 1. The highest BCUT2D eigenvalue weighted by Gasteiger charge is 2.16. The number of fused-ring (bicyclic) bond motifs is 2. The van der Waals surface area contributed by atoms with Crippen LogP contribution in [0.4, 0.5) is 5.69 Å². The molecule has 3 aromatic carbocycles. The van der Waals surface area contributed by atoms with Crippen LogP contribution in [0, 0.1) is 0 Å². The maximum Gasteiger partial charge on any atom is 0.258 e. The van der Waals surface area contributed by atoms with Crippen molar-refractivity contribution in [3.8, 4) is 0 Å². The summed E-state index contributed by atoms with van der Waals surface area (Å²) in [5.41, 5.74) is 0.341. The standard InChI is InChI=1S/C25H24N2O3/c1-25(2,30)16-27-13-12-20-21(24(27)29)8-5-9-22(20)26-23(28)15-17-10-11-18-6-3-4-7-19(18)14-17/h3-14,30H,15-16H2,1-2H3,(H,26,28). The molecule has 0 aliphatic heterocycles. The minimum atomic E-state index is -0.997. The van der Waals surface area contributed by atoms with Crippen LogP contribution in [0.5, 0.6) is 0 Å². The van der Waals surface area contributed by atoms with E-state index < -0.39 is 5.60 Å². The highest BCUT2D eigenvalue weighted by Crippen LogP contribution is 2.22. The van der Waals surface area contributed by atoms with E-state index in [1.54, 1.807) is 44.3 Å². The smallest absolute Gasteiger partial charge is 0.258 e. The van der Waals surface area contributed by atoms with E-state index in [2.05, 4.69) is 5.32 Å². The summed E-state index contributed by atoms with van der Waals surface area (Å²) < 4.78 is 1.49. The number of carbonyl (C=O) groups is 1. The number of aliphatic hydroxyl groups is 1. The number of rotatable bonds is 5. The van der Waals surface area contributed by atoms with Crippen LogP contribution >= 0.6 is 0 Å². The molecule has 0 radical (unpaired) electrons. The van der Waals surface area contributed by atoms with E-state index in [-0.39, 0.29) is 24.4 Å². The van der Waals surface area contributed by atoms with Crippen LogP contribution in [0.3, 0.4) is 0 Å². The second-order valence-corrected chi connectivity index (χ2v) is 8.23. The molecule has 0 aliphatic carbocycles. The molecule has 1 amide bonds. The third kappa shape index (κ3) is 4.26. The molecular formula is C25H24N2O3. The topological polar surface area (TPSA) is 71.3 Å². The van der Waals surface area contributed by atoms with Gasteiger partial charge < -0.3 is 15.0 Å². The van der Waals surface area contributed by atoms with Crippen molar-refractivity contribution < 1.29 is 9.90 Å². The predicted molar refractivity (Wildman–Crippen MR) is 121 cm³/mol. The molecule has 0 fully saturated rings. The van der Waals surface area contributed by atoms with Gasteiger partial charge in [0.15, 0.2) is 0 Å². The zero-order chi connectivity index (χ0) is 21.3. The molecule has 0 atom stereocenters. The SMILES string of the molecule is CC(C)(O)Cn1ccc2c(NC(=O)Cc3ccc4ccccc4c3)cccc2c1=O. The lowest BCUT2D eigenvalue weighted by Gasteiger charge is -2.19. The molecule has 152 valence electrons. The number of amides is 1. The fourth-order valence-corrected chi connectivity index (χ4v) is 3.70. The lowest BCUT2D eigenvalue weighted by atomic mass is 10.0. The molecule has 0 unspecified atom stereocenters. The van der Waals surface area contributed by atoms with E-state index in [4.69, 9.17) is 0 Å². The number of pyridine rings is 1. The second-order valence-electron chi connectivity index (χ2n) is 8.23. The Labute approximate surface area is 174 Å². The third-order valence-electron chi connectivity index (χ3n) is 5.03. The largest absolute Gasteiger partial charge is 0.389 e. The van der Waals surface area contributed by atoms with Crippen molar-refractivity contribution in [1.29, 1.82) is 0 Å².